The molecule has 0 aliphatic carbocycles. The third kappa shape index (κ3) is 7.57. The van der Waals surface area contributed by atoms with E-state index >= 15 is 0 Å². The zero-order chi connectivity index (χ0) is 19.6. The summed E-state index contributed by atoms with van der Waals surface area (Å²) in [6.07, 6.45) is 2.93. The van der Waals surface area contributed by atoms with Crippen LogP contribution >= 0.6 is 11.3 Å². The number of aromatic nitrogens is 1. The van der Waals surface area contributed by atoms with E-state index in [1.54, 1.807) is 0 Å². The van der Waals surface area contributed by atoms with E-state index in [2.05, 4.69) is 21.2 Å². The van der Waals surface area contributed by atoms with Crippen molar-refractivity contribution in [2.75, 3.05) is 5.32 Å². The lowest BCUT2D eigenvalue weighted by atomic mass is 10.0. The van der Waals surface area contributed by atoms with Gasteiger partial charge in [0, 0.05) is 18.7 Å². The van der Waals surface area contributed by atoms with E-state index in [1.165, 1.54) is 18.3 Å². The topological polar surface area (TPSA) is 100 Å². The highest BCUT2D eigenvalue weighted by molar-refractivity contribution is 7.13. The van der Waals surface area contributed by atoms with E-state index in [1.807, 2.05) is 36.6 Å². The van der Waals surface area contributed by atoms with Gasteiger partial charge in [0.05, 0.1) is 12.1 Å². The molecular formula is C19H24N4O3S. The van der Waals surface area contributed by atoms with Crippen LogP contribution in [0.3, 0.4) is 0 Å². The third-order valence-corrected chi connectivity index (χ3v) is 4.52. The Kier molecular flexibility index (Phi) is 7.94. The van der Waals surface area contributed by atoms with Crippen LogP contribution in [0.5, 0.6) is 0 Å². The lowest BCUT2D eigenvalue weighted by Crippen LogP contribution is -2.42. The van der Waals surface area contributed by atoms with Gasteiger partial charge in [-0.3, -0.25) is 25.2 Å². The number of thiazole rings is 1. The first kappa shape index (κ1) is 20.6. The summed E-state index contributed by atoms with van der Waals surface area (Å²) < 4.78 is 0. The normalized spacial score (nSPS) is 10.3. The number of anilines is 1. The number of nitrogens with one attached hydrogen (secondary N) is 3. The first-order valence-electron chi connectivity index (χ1n) is 8.83. The maximum Gasteiger partial charge on any atom is 0.242 e. The molecule has 8 heteroatoms. The van der Waals surface area contributed by atoms with E-state index < -0.39 is 0 Å². The van der Waals surface area contributed by atoms with Crippen molar-refractivity contribution in [2.45, 2.75) is 46.0 Å². The molecule has 0 bridgehead atoms. The predicted molar refractivity (Wildman–Crippen MR) is 105 cm³/mol. The molecule has 0 atom stereocenters. The number of benzene rings is 1. The monoisotopic (exact) mass is 388 g/mol. The van der Waals surface area contributed by atoms with Crippen molar-refractivity contribution in [3.8, 4) is 0 Å². The van der Waals surface area contributed by atoms with Gasteiger partial charge in [0.15, 0.2) is 5.13 Å². The quantitative estimate of drug-likeness (QED) is 0.605. The number of hydrazine groups is 1. The second-order valence-electron chi connectivity index (χ2n) is 6.16. The van der Waals surface area contributed by atoms with Crippen LogP contribution in [0.1, 0.15) is 43.5 Å². The van der Waals surface area contributed by atoms with Crippen molar-refractivity contribution < 1.29 is 14.4 Å². The number of amides is 3. The lowest BCUT2D eigenvalue weighted by Gasteiger charge is -2.07. The van der Waals surface area contributed by atoms with E-state index in [-0.39, 0.29) is 24.1 Å². The van der Waals surface area contributed by atoms with Crippen molar-refractivity contribution in [1.29, 1.82) is 0 Å². The molecule has 0 radical (unpaired) electrons. The summed E-state index contributed by atoms with van der Waals surface area (Å²) in [6, 6.07) is 7.79. The van der Waals surface area contributed by atoms with Crippen molar-refractivity contribution in [1.82, 2.24) is 15.8 Å². The number of carbonyl (C=O) groups excluding carboxylic acids is 3. The Balaban J connectivity index is 1.77. The van der Waals surface area contributed by atoms with Crippen LogP contribution in [-0.4, -0.2) is 22.7 Å². The van der Waals surface area contributed by atoms with Crippen LogP contribution < -0.4 is 16.2 Å². The third-order valence-electron chi connectivity index (χ3n) is 3.71. The smallest absolute Gasteiger partial charge is 0.242 e. The van der Waals surface area contributed by atoms with E-state index in [9.17, 15) is 14.4 Å². The number of carbonyl (C=O) groups is 3. The maximum absolute atomic E-state index is 11.8. The largest absolute Gasteiger partial charge is 0.302 e. The van der Waals surface area contributed by atoms with Crippen LogP contribution in [0.2, 0.25) is 0 Å². The number of aryl methyl sites for hydroxylation is 2. The average molecular weight is 388 g/mol. The SMILES string of the molecule is CCCC(=O)NNC(=O)Cc1ccc(CCc2csc(NC(C)=O)n2)cc1. The van der Waals surface area contributed by atoms with Crippen LogP contribution in [-0.2, 0) is 33.6 Å². The highest BCUT2D eigenvalue weighted by Gasteiger charge is 2.07. The molecule has 1 aromatic heterocycles. The fraction of sp³-hybridized carbons (Fsp3) is 0.368. The number of nitrogens with zero attached hydrogens (tertiary/aromatic N) is 1. The van der Waals surface area contributed by atoms with E-state index in [0.29, 0.717) is 11.6 Å². The van der Waals surface area contributed by atoms with Crippen molar-refractivity contribution in [3.05, 3.63) is 46.5 Å². The Morgan fingerprint density at radius 1 is 1.00 bits per heavy atom. The van der Waals surface area contributed by atoms with Crippen molar-refractivity contribution in [3.63, 3.8) is 0 Å². The maximum atomic E-state index is 11.8. The molecule has 0 saturated carbocycles. The Morgan fingerprint density at radius 2 is 1.67 bits per heavy atom. The van der Waals surface area contributed by atoms with Crippen LogP contribution in [0.25, 0.3) is 0 Å². The zero-order valence-electron chi connectivity index (χ0n) is 15.5. The molecule has 0 saturated heterocycles. The molecule has 27 heavy (non-hydrogen) atoms. The van der Waals surface area contributed by atoms with Crippen molar-refractivity contribution >= 4 is 34.2 Å². The van der Waals surface area contributed by atoms with Gasteiger partial charge in [-0.15, -0.1) is 11.3 Å². The molecule has 3 N–H and O–H groups in total. The average Bonchev–Trinajstić information content (AvgIpc) is 3.06. The molecule has 2 rings (SSSR count). The first-order chi connectivity index (χ1) is 13.0. The minimum Gasteiger partial charge on any atom is -0.302 e. The summed E-state index contributed by atoms with van der Waals surface area (Å²) in [5, 5.41) is 5.23. The minimum atomic E-state index is -0.250. The first-order valence-corrected chi connectivity index (χ1v) is 9.71. The van der Waals surface area contributed by atoms with E-state index in [4.69, 9.17) is 0 Å². The van der Waals surface area contributed by atoms with Crippen LogP contribution in [0.4, 0.5) is 5.13 Å². The fourth-order valence-electron chi connectivity index (χ4n) is 2.38. The Bertz CT molecular complexity index is 787. The molecule has 144 valence electrons. The number of hydrogen-bond donors (Lipinski definition) is 3. The Labute approximate surface area is 162 Å². The highest BCUT2D eigenvalue weighted by atomic mass is 32.1. The summed E-state index contributed by atoms with van der Waals surface area (Å²) in [7, 11) is 0. The molecule has 0 aliphatic rings. The molecule has 1 aromatic carbocycles. The fourth-order valence-corrected chi connectivity index (χ4v) is 3.18. The second-order valence-corrected chi connectivity index (χ2v) is 7.02. The number of rotatable bonds is 8. The summed E-state index contributed by atoms with van der Waals surface area (Å²) in [5.74, 6) is -0.564. The van der Waals surface area contributed by atoms with E-state index in [0.717, 1.165) is 36.1 Å². The molecule has 1 heterocycles. The van der Waals surface area contributed by atoms with Crippen molar-refractivity contribution in [2.24, 2.45) is 0 Å². The van der Waals surface area contributed by atoms with Gasteiger partial charge >= 0.3 is 0 Å². The zero-order valence-corrected chi connectivity index (χ0v) is 16.3. The van der Waals surface area contributed by atoms with Gasteiger partial charge in [0.1, 0.15) is 0 Å². The van der Waals surface area contributed by atoms with Gasteiger partial charge in [-0.05, 0) is 30.4 Å². The molecule has 0 spiro atoms. The van der Waals surface area contributed by atoms with Gasteiger partial charge in [0.25, 0.3) is 0 Å². The van der Waals surface area contributed by atoms with Gasteiger partial charge in [-0.1, -0.05) is 31.2 Å². The summed E-state index contributed by atoms with van der Waals surface area (Å²) in [6.45, 7) is 3.36. The molecular weight excluding hydrogens is 364 g/mol. The minimum absolute atomic E-state index is 0.125. The van der Waals surface area contributed by atoms with Gasteiger partial charge in [-0.2, -0.15) is 0 Å². The summed E-state index contributed by atoms with van der Waals surface area (Å²) in [4.78, 5) is 38.6. The lowest BCUT2D eigenvalue weighted by molar-refractivity contribution is -0.128. The molecule has 3 amide bonds. The standard InChI is InChI=1S/C19H24N4O3S/c1-3-4-17(25)22-23-18(26)11-15-7-5-14(6-8-15)9-10-16-12-27-19(21-16)20-13(2)24/h5-8,12H,3-4,9-11H2,1-2H3,(H,22,25)(H,23,26)(H,20,21,24). The molecule has 2 aromatic rings. The van der Waals surface area contributed by atoms with Gasteiger partial charge < -0.3 is 5.32 Å². The van der Waals surface area contributed by atoms with Gasteiger partial charge in [-0.25, -0.2) is 4.98 Å². The number of hydrogen-bond acceptors (Lipinski definition) is 5. The second kappa shape index (κ2) is 10.4. The summed E-state index contributed by atoms with van der Waals surface area (Å²) >= 11 is 1.41. The molecule has 0 unspecified atom stereocenters. The van der Waals surface area contributed by atoms with Crippen LogP contribution in [0.15, 0.2) is 29.6 Å². The summed E-state index contributed by atoms with van der Waals surface area (Å²) in [5.41, 5.74) is 7.77. The molecule has 0 fully saturated rings. The molecule has 0 aliphatic heterocycles. The molecule has 7 nitrogen and oxygen atoms in total. The van der Waals surface area contributed by atoms with Gasteiger partial charge in [0.2, 0.25) is 17.7 Å². The Hall–Kier alpha value is -2.74. The highest BCUT2D eigenvalue weighted by Crippen LogP contribution is 2.17. The Morgan fingerprint density at radius 3 is 2.33 bits per heavy atom. The predicted octanol–water partition coefficient (Wildman–Crippen LogP) is 2.38. The van der Waals surface area contributed by atoms with Crippen LogP contribution in [0, 0.1) is 0 Å².